The highest BCUT2D eigenvalue weighted by Crippen LogP contribution is 2.18. The van der Waals surface area contributed by atoms with Gasteiger partial charge in [0.15, 0.2) is 0 Å². The van der Waals surface area contributed by atoms with Crippen molar-refractivity contribution in [2.24, 2.45) is 0 Å². The molecule has 1 heterocycles. The minimum absolute atomic E-state index is 0.354. The second-order valence-electron chi connectivity index (χ2n) is 4.91. The normalized spacial score (nSPS) is 10.3. The topological polar surface area (TPSA) is 27.1 Å². The highest BCUT2D eigenvalue weighted by molar-refractivity contribution is 6.18. The Kier molecular flexibility index (Phi) is 5.71. The summed E-state index contributed by atoms with van der Waals surface area (Å²) in [6.07, 6.45) is 2.64. The molecule has 2 aromatic rings. The zero-order valence-electron chi connectivity index (χ0n) is 12.3. The molecule has 1 aromatic carbocycles. The third kappa shape index (κ3) is 4.54. The molecular weight excluding hydrogens is 284 g/mol. The number of hydrogen-bond donors (Lipinski definition) is 0. The number of alkyl halides is 1. The lowest BCUT2D eigenvalue weighted by Crippen LogP contribution is -2.03. The molecule has 0 bridgehead atoms. The quantitative estimate of drug-likeness (QED) is 0.616. The van der Waals surface area contributed by atoms with Gasteiger partial charge in [0.25, 0.3) is 0 Å². The van der Waals surface area contributed by atoms with Crippen molar-refractivity contribution in [2.75, 3.05) is 5.88 Å². The Hall–Kier alpha value is -1.92. The van der Waals surface area contributed by atoms with E-state index >= 15 is 0 Å². The molecule has 0 spiro atoms. The Balaban J connectivity index is 2.04. The van der Waals surface area contributed by atoms with Gasteiger partial charge in [-0.1, -0.05) is 24.0 Å². The van der Waals surface area contributed by atoms with Crippen molar-refractivity contribution < 1.29 is 4.74 Å². The Morgan fingerprint density at radius 3 is 2.81 bits per heavy atom. The van der Waals surface area contributed by atoms with Gasteiger partial charge in [0.2, 0.25) is 0 Å². The first-order valence-corrected chi connectivity index (χ1v) is 7.55. The van der Waals surface area contributed by atoms with Gasteiger partial charge in [-0.25, -0.2) is 0 Å². The minimum Gasteiger partial charge on any atom is -0.486 e. The third-order valence-electron chi connectivity index (χ3n) is 2.90. The average molecular weight is 303 g/mol. The van der Waals surface area contributed by atoms with Crippen molar-refractivity contribution in [1.82, 2.24) is 9.78 Å². The number of rotatable bonds is 5. The van der Waals surface area contributed by atoms with E-state index in [4.69, 9.17) is 16.3 Å². The van der Waals surface area contributed by atoms with Gasteiger partial charge in [-0.15, -0.1) is 11.6 Å². The molecular formula is C17H19ClN2O. The first-order valence-electron chi connectivity index (χ1n) is 7.01. The summed E-state index contributed by atoms with van der Waals surface area (Å²) >= 11 is 5.63. The monoisotopic (exact) mass is 302 g/mol. The fraction of sp³-hybridized carbons (Fsp3) is 0.353. The highest BCUT2D eigenvalue weighted by Gasteiger charge is 2.05. The molecule has 3 nitrogen and oxygen atoms in total. The van der Waals surface area contributed by atoms with E-state index in [1.807, 2.05) is 41.2 Å². The van der Waals surface area contributed by atoms with Crippen LogP contribution in [0.4, 0.5) is 0 Å². The third-order valence-corrected chi connectivity index (χ3v) is 3.09. The molecule has 0 saturated heterocycles. The molecule has 0 aliphatic rings. The van der Waals surface area contributed by atoms with Crippen LogP contribution >= 0.6 is 11.6 Å². The minimum atomic E-state index is 0.354. The molecule has 0 amide bonds. The van der Waals surface area contributed by atoms with Crippen LogP contribution in [-0.2, 0) is 6.61 Å². The molecule has 0 unspecified atom stereocenters. The van der Waals surface area contributed by atoms with Crippen LogP contribution in [0.15, 0.2) is 36.5 Å². The van der Waals surface area contributed by atoms with Gasteiger partial charge < -0.3 is 4.74 Å². The summed E-state index contributed by atoms with van der Waals surface area (Å²) in [5.74, 6) is 7.44. The van der Waals surface area contributed by atoms with E-state index in [0.29, 0.717) is 24.9 Å². The lowest BCUT2D eigenvalue weighted by atomic mass is 10.2. The van der Waals surface area contributed by atoms with E-state index in [1.165, 1.54) is 0 Å². The first kappa shape index (κ1) is 15.5. The van der Waals surface area contributed by atoms with Crippen molar-refractivity contribution in [3.05, 3.63) is 47.8 Å². The number of aromatic nitrogens is 2. The van der Waals surface area contributed by atoms with Gasteiger partial charge in [0, 0.05) is 24.5 Å². The van der Waals surface area contributed by atoms with Crippen LogP contribution in [0.2, 0.25) is 0 Å². The van der Waals surface area contributed by atoms with E-state index in [0.717, 1.165) is 17.0 Å². The van der Waals surface area contributed by atoms with Crippen molar-refractivity contribution in [2.45, 2.75) is 32.9 Å². The Morgan fingerprint density at radius 2 is 2.10 bits per heavy atom. The fourth-order valence-electron chi connectivity index (χ4n) is 1.79. The summed E-state index contributed by atoms with van der Waals surface area (Å²) in [4.78, 5) is 0. The molecule has 4 heteroatoms. The van der Waals surface area contributed by atoms with Gasteiger partial charge in [-0.3, -0.25) is 4.68 Å². The highest BCUT2D eigenvalue weighted by atomic mass is 35.5. The summed E-state index contributed by atoms with van der Waals surface area (Å²) < 4.78 is 7.76. The number of para-hydroxylation sites is 1. The van der Waals surface area contributed by atoms with Gasteiger partial charge in [-0.05, 0) is 32.0 Å². The van der Waals surface area contributed by atoms with E-state index in [1.54, 1.807) is 0 Å². The molecule has 1 aromatic heterocycles. The van der Waals surface area contributed by atoms with Crippen molar-refractivity contribution in [3.8, 4) is 17.6 Å². The van der Waals surface area contributed by atoms with E-state index in [2.05, 4.69) is 30.8 Å². The van der Waals surface area contributed by atoms with Gasteiger partial charge in [-0.2, -0.15) is 5.10 Å². The molecule has 0 N–H and O–H groups in total. The largest absolute Gasteiger partial charge is 0.486 e. The Morgan fingerprint density at radius 1 is 1.29 bits per heavy atom. The van der Waals surface area contributed by atoms with Crippen LogP contribution in [-0.4, -0.2) is 15.7 Å². The van der Waals surface area contributed by atoms with E-state index < -0.39 is 0 Å². The lowest BCUT2D eigenvalue weighted by molar-refractivity contribution is 0.298. The van der Waals surface area contributed by atoms with Crippen molar-refractivity contribution >= 4 is 11.6 Å². The summed E-state index contributed by atoms with van der Waals surface area (Å²) in [6.45, 7) is 4.63. The number of nitrogens with zero attached hydrogens (tertiary/aromatic N) is 2. The maximum Gasteiger partial charge on any atom is 0.135 e. The first-order chi connectivity index (χ1) is 10.2. The summed E-state index contributed by atoms with van der Waals surface area (Å²) in [7, 11) is 0. The molecule has 0 aliphatic heterocycles. The van der Waals surface area contributed by atoms with E-state index in [9.17, 15) is 0 Å². The molecule has 21 heavy (non-hydrogen) atoms. The predicted molar refractivity (Wildman–Crippen MR) is 85.6 cm³/mol. The maximum atomic E-state index is 5.84. The van der Waals surface area contributed by atoms with Gasteiger partial charge in [0.1, 0.15) is 12.4 Å². The zero-order valence-corrected chi connectivity index (χ0v) is 13.1. The molecule has 0 atom stereocenters. The van der Waals surface area contributed by atoms with Gasteiger partial charge >= 0.3 is 0 Å². The summed E-state index contributed by atoms with van der Waals surface area (Å²) in [6, 6.07) is 10.1. The van der Waals surface area contributed by atoms with Crippen LogP contribution in [0.1, 0.15) is 37.6 Å². The molecule has 110 valence electrons. The molecule has 0 fully saturated rings. The number of ether oxygens (including phenoxy) is 1. The second-order valence-corrected chi connectivity index (χ2v) is 5.28. The van der Waals surface area contributed by atoms with Gasteiger partial charge in [0.05, 0.1) is 11.3 Å². The average Bonchev–Trinajstić information content (AvgIpc) is 2.96. The molecule has 2 rings (SSSR count). The number of benzene rings is 1. The van der Waals surface area contributed by atoms with Crippen LogP contribution < -0.4 is 4.74 Å². The lowest BCUT2D eigenvalue weighted by Gasteiger charge is -2.07. The maximum absolute atomic E-state index is 5.84. The predicted octanol–water partition coefficient (Wildman–Crippen LogP) is 4.02. The van der Waals surface area contributed by atoms with Crippen LogP contribution in [0.25, 0.3) is 0 Å². The van der Waals surface area contributed by atoms with Crippen LogP contribution in [0.3, 0.4) is 0 Å². The standard InChI is InChI=1S/C17H19ClN2O/c1-14(2)20-12-10-16(19-20)13-21-17-9-4-3-7-15(17)8-5-6-11-18/h3-4,7,9-10,12,14H,6,11,13H2,1-2H3. The van der Waals surface area contributed by atoms with Crippen LogP contribution in [0, 0.1) is 11.8 Å². The summed E-state index contributed by atoms with van der Waals surface area (Å²) in [5.41, 5.74) is 1.79. The fourth-order valence-corrected chi connectivity index (χ4v) is 1.89. The summed E-state index contributed by atoms with van der Waals surface area (Å²) in [5, 5.41) is 4.47. The number of hydrogen-bond acceptors (Lipinski definition) is 2. The number of halogens is 1. The van der Waals surface area contributed by atoms with Crippen LogP contribution in [0.5, 0.6) is 5.75 Å². The second kappa shape index (κ2) is 7.75. The Labute approximate surface area is 130 Å². The smallest absolute Gasteiger partial charge is 0.135 e. The zero-order chi connectivity index (χ0) is 15.1. The van der Waals surface area contributed by atoms with E-state index in [-0.39, 0.29) is 0 Å². The molecule has 0 radical (unpaired) electrons. The molecule has 0 saturated carbocycles. The Bertz CT molecular complexity index is 637. The molecule has 0 aliphatic carbocycles. The SMILES string of the molecule is CC(C)n1ccc(COc2ccccc2C#CCCCl)n1. The van der Waals surface area contributed by atoms with Crippen molar-refractivity contribution in [3.63, 3.8) is 0 Å². The van der Waals surface area contributed by atoms with Crippen molar-refractivity contribution in [1.29, 1.82) is 0 Å².